The molecule has 1 aliphatic rings. The summed E-state index contributed by atoms with van der Waals surface area (Å²) in [6.45, 7) is 10.9. The first kappa shape index (κ1) is 9.63. The van der Waals surface area contributed by atoms with Gasteiger partial charge in [-0.25, -0.2) is 0 Å². The van der Waals surface area contributed by atoms with Crippen LogP contribution in [-0.2, 0) is 0 Å². The second kappa shape index (κ2) is 3.51. The van der Waals surface area contributed by atoms with Crippen molar-refractivity contribution in [3.63, 3.8) is 0 Å². The second-order valence-electron chi connectivity index (χ2n) is 4.91. The normalized spacial score (nSPS) is 26.2. The molecule has 1 atom stereocenters. The van der Waals surface area contributed by atoms with Crippen LogP contribution in [0.5, 0.6) is 0 Å². The zero-order valence-electron chi connectivity index (χ0n) is 8.61. The fourth-order valence-corrected chi connectivity index (χ4v) is 1.73. The van der Waals surface area contributed by atoms with Crippen LogP contribution in [0, 0.1) is 5.41 Å². The quantitative estimate of drug-likeness (QED) is 0.584. The fourth-order valence-electron chi connectivity index (χ4n) is 1.73. The van der Waals surface area contributed by atoms with Crippen LogP contribution in [0.3, 0.4) is 0 Å². The highest BCUT2D eigenvalue weighted by Gasteiger charge is 2.25. The van der Waals surface area contributed by atoms with E-state index in [1.165, 1.54) is 25.0 Å². The fraction of sp³-hybridized carbons (Fsp3) is 0.818. The molecule has 1 aliphatic heterocycles. The Kier molecular flexibility index (Phi) is 2.81. The van der Waals surface area contributed by atoms with Crippen LogP contribution < -0.4 is 5.32 Å². The van der Waals surface area contributed by atoms with E-state index in [4.69, 9.17) is 0 Å². The molecule has 1 N–H and O–H groups in total. The Labute approximate surface area is 76.2 Å². The minimum Gasteiger partial charge on any atom is -0.386 e. The van der Waals surface area contributed by atoms with Gasteiger partial charge in [-0.1, -0.05) is 33.8 Å². The van der Waals surface area contributed by atoms with E-state index in [1.54, 1.807) is 0 Å². The zero-order valence-corrected chi connectivity index (χ0v) is 8.61. The number of nitrogens with one attached hydrogen (secondary N) is 1. The van der Waals surface area contributed by atoms with E-state index in [-0.39, 0.29) is 0 Å². The maximum absolute atomic E-state index is 4.03. The van der Waals surface area contributed by atoms with Crippen molar-refractivity contribution in [3.05, 3.63) is 12.3 Å². The lowest BCUT2D eigenvalue weighted by atomic mass is 9.84. The van der Waals surface area contributed by atoms with Crippen molar-refractivity contribution >= 4 is 0 Å². The molecule has 0 spiro atoms. The van der Waals surface area contributed by atoms with Crippen LogP contribution in [0.2, 0.25) is 0 Å². The number of allylic oxidation sites excluding steroid dienone is 1. The van der Waals surface area contributed by atoms with Gasteiger partial charge in [-0.05, 0) is 24.7 Å². The highest BCUT2D eigenvalue weighted by atomic mass is 14.9. The molecule has 1 heteroatoms. The SMILES string of the molecule is C=C1CCCCC(C(C)(C)C)N1. The number of hydrogen-bond donors (Lipinski definition) is 1. The van der Waals surface area contributed by atoms with Crippen LogP contribution in [0.15, 0.2) is 12.3 Å². The molecule has 70 valence electrons. The number of rotatable bonds is 0. The first-order valence-corrected chi connectivity index (χ1v) is 4.94. The molecule has 0 saturated carbocycles. The third-order valence-electron chi connectivity index (χ3n) is 2.65. The summed E-state index contributed by atoms with van der Waals surface area (Å²) in [6, 6.07) is 0.618. The van der Waals surface area contributed by atoms with Crippen molar-refractivity contribution < 1.29 is 0 Å². The summed E-state index contributed by atoms with van der Waals surface area (Å²) in [4.78, 5) is 0. The third-order valence-corrected chi connectivity index (χ3v) is 2.65. The van der Waals surface area contributed by atoms with Crippen LogP contribution in [0.25, 0.3) is 0 Å². The molecule has 0 aromatic carbocycles. The molecule has 0 amide bonds. The topological polar surface area (TPSA) is 12.0 Å². The van der Waals surface area contributed by atoms with Crippen molar-refractivity contribution in [1.82, 2.24) is 5.32 Å². The molecule has 0 aliphatic carbocycles. The van der Waals surface area contributed by atoms with Gasteiger partial charge in [0, 0.05) is 11.7 Å². The van der Waals surface area contributed by atoms with Gasteiger partial charge in [0.05, 0.1) is 0 Å². The predicted octanol–water partition coefficient (Wildman–Crippen LogP) is 3.08. The van der Waals surface area contributed by atoms with Gasteiger partial charge in [-0.2, -0.15) is 0 Å². The molecular formula is C11H21N. The van der Waals surface area contributed by atoms with Crippen LogP contribution in [0.4, 0.5) is 0 Å². The lowest BCUT2D eigenvalue weighted by Gasteiger charge is -2.31. The highest BCUT2D eigenvalue weighted by molar-refractivity contribution is 4.98. The average Bonchev–Trinajstić information content (AvgIpc) is 2.11. The average molecular weight is 167 g/mol. The Hall–Kier alpha value is -0.460. The Morgan fingerprint density at radius 1 is 1.33 bits per heavy atom. The summed E-state index contributed by atoms with van der Waals surface area (Å²) in [7, 11) is 0. The number of hydrogen-bond acceptors (Lipinski definition) is 1. The van der Waals surface area contributed by atoms with Gasteiger partial charge in [0.1, 0.15) is 0 Å². The summed E-state index contributed by atoms with van der Waals surface area (Å²) >= 11 is 0. The highest BCUT2D eigenvalue weighted by Crippen LogP contribution is 2.27. The van der Waals surface area contributed by atoms with Crippen LogP contribution in [0.1, 0.15) is 46.5 Å². The lowest BCUT2D eigenvalue weighted by Crippen LogP contribution is -2.38. The molecule has 1 rings (SSSR count). The Bertz CT molecular complexity index is 164. The first-order valence-electron chi connectivity index (χ1n) is 4.94. The molecule has 1 unspecified atom stereocenters. The van der Waals surface area contributed by atoms with E-state index >= 15 is 0 Å². The largest absolute Gasteiger partial charge is 0.386 e. The first-order chi connectivity index (χ1) is 5.50. The maximum Gasteiger partial charge on any atom is 0.0306 e. The molecule has 1 fully saturated rings. The summed E-state index contributed by atoms with van der Waals surface area (Å²) in [6.07, 6.45) is 5.10. The van der Waals surface area contributed by atoms with Gasteiger partial charge >= 0.3 is 0 Å². The summed E-state index contributed by atoms with van der Waals surface area (Å²) in [5, 5.41) is 3.52. The van der Waals surface area contributed by atoms with Gasteiger partial charge in [0.2, 0.25) is 0 Å². The van der Waals surface area contributed by atoms with E-state index < -0.39 is 0 Å². The van der Waals surface area contributed by atoms with Crippen molar-refractivity contribution in [2.24, 2.45) is 5.41 Å². The van der Waals surface area contributed by atoms with E-state index in [2.05, 4.69) is 32.7 Å². The minimum absolute atomic E-state index is 0.368. The molecule has 1 heterocycles. The predicted molar refractivity (Wildman–Crippen MR) is 54.0 cm³/mol. The smallest absolute Gasteiger partial charge is 0.0306 e. The third kappa shape index (κ3) is 2.54. The molecule has 12 heavy (non-hydrogen) atoms. The standard InChI is InChI=1S/C11H21N/c1-9-7-5-6-8-10(12-9)11(2,3)4/h10,12H,1,5-8H2,2-4H3. The van der Waals surface area contributed by atoms with Gasteiger partial charge < -0.3 is 5.32 Å². The van der Waals surface area contributed by atoms with Crippen molar-refractivity contribution in [1.29, 1.82) is 0 Å². The molecular weight excluding hydrogens is 146 g/mol. The van der Waals surface area contributed by atoms with Crippen molar-refractivity contribution in [3.8, 4) is 0 Å². The van der Waals surface area contributed by atoms with Gasteiger partial charge in [-0.3, -0.25) is 0 Å². The molecule has 1 saturated heterocycles. The Morgan fingerprint density at radius 3 is 2.58 bits per heavy atom. The molecule has 0 aromatic rings. The van der Waals surface area contributed by atoms with Crippen molar-refractivity contribution in [2.45, 2.75) is 52.5 Å². The maximum atomic E-state index is 4.03. The molecule has 0 radical (unpaired) electrons. The van der Waals surface area contributed by atoms with Gasteiger partial charge in [0.25, 0.3) is 0 Å². The monoisotopic (exact) mass is 167 g/mol. The van der Waals surface area contributed by atoms with Crippen molar-refractivity contribution in [2.75, 3.05) is 0 Å². The van der Waals surface area contributed by atoms with E-state index in [0.29, 0.717) is 11.5 Å². The molecule has 0 bridgehead atoms. The van der Waals surface area contributed by atoms with Crippen LogP contribution in [-0.4, -0.2) is 6.04 Å². The second-order valence-corrected chi connectivity index (χ2v) is 4.91. The van der Waals surface area contributed by atoms with E-state index in [1.807, 2.05) is 0 Å². The Balaban J connectivity index is 2.58. The van der Waals surface area contributed by atoms with E-state index in [9.17, 15) is 0 Å². The van der Waals surface area contributed by atoms with Crippen LogP contribution >= 0.6 is 0 Å². The summed E-state index contributed by atoms with van der Waals surface area (Å²) in [5.74, 6) is 0. The van der Waals surface area contributed by atoms with E-state index in [0.717, 1.165) is 6.42 Å². The zero-order chi connectivity index (χ0) is 9.19. The summed E-state index contributed by atoms with van der Waals surface area (Å²) < 4.78 is 0. The molecule has 1 nitrogen and oxygen atoms in total. The molecule has 0 aromatic heterocycles. The summed E-state index contributed by atoms with van der Waals surface area (Å²) in [5.41, 5.74) is 1.60. The Morgan fingerprint density at radius 2 is 2.00 bits per heavy atom. The lowest BCUT2D eigenvalue weighted by molar-refractivity contribution is 0.273. The van der Waals surface area contributed by atoms with Gasteiger partial charge in [-0.15, -0.1) is 0 Å². The minimum atomic E-state index is 0.368. The van der Waals surface area contributed by atoms with Gasteiger partial charge in [0.15, 0.2) is 0 Å².